The lowest BCUT2D eigenvalue weighted by molar-refractivity contribution is -0.131. The lowest BCUT2D eigenvalue weighted by Crippen LogP contribution is -2.44. The van der Waals surface area contributed by atoms with Gasteiger partial charge in [-0.2, -0.15) is 0 Å². The summed E-state index contributed by atoms with van der Waals surface area (Å²) in [7, 11) is -3.61. The van der Waals surface area contributed by atoms with Crippen molar-refractivity contribution in [2.24, 2.45) is 0 Å². The largest absolute Gasteiger partial charge is 0.339 e. The summed E-state index contributed by atoms with van der Waals surface area (Å²) < 4.78 is 26.3. The van der Waals surface area contributed by atoms with Gasteiger partial charge < -0.3 is 4.90 Å². The number of amides is 1. The molecule has 1 amide bonds. The molecular formula is C15H27N5O3S. The molecule has 0 N–H and O–H groups in total. The van der Waals surface area contributed by atoms with Crippen LogP contribution in [0.5, 0.6) is 0 Å². The maximum absolute atomic E-state index is 12.5. The molecule has 0 atom stereocenters. The van der Waals surface area contributed by atoms with Crippen LogP contribution in [0, 0.1) is 0 Å². The SMILES string of the molecule is CCN(C(=O)CS(=O)(=O)Cc1nnnn1C(C)C)C1CCCCC1. The van der Waals surface area contributed by atoms with Crippen LogP contribution >= 0.6 is 0 Å². The first kappa shape index (κ1) is 18.8. The molecule has 1 aliphatic rings. The van der Waals surface area contributed by atoms with E-state index in [9.17, 15) is 13.2 Å². The summed E-state index contributed by atoms with van der Waals surface area (Å²) in [5.74, 6) is -0.833. The molecule has 24 heavy (non-hydrogen) atoms. The van der Waals surface area contributed by atoms with Gasteiger partial charge >= 0.3 is 0 Å². The first-order valence-corrected chi connectivity index (χ1v) is 10.4. The number of hydrogen-bond donors (Lipinski definition) is 0. The highest BCUT2D eigenvalue weighted by molar-refractivity contribution is 7.91. The van der Waals surface area contributed by atoms with Gasteiger partial charge in [0.25, 0.3) is 0 Å². The van der Waals surface area contributed by atoms with E-state index in [1.54, 1.807) is 4.90 Å². The number of rotatable bonds is 7. The molecule has 0 aromatic carbocycles. The molecule has 0 radical (unpaired) electrons. The predicted octanol–water partition coefficient (Wildman–Crippen LogP) is 1.35. The number of sulfone groups is 1. The normalized spacial score (nSPS) is 16.5. The molecule has 1 aromatic heterocycles. The van der Waals surface area contributed by atoms with Crippen molar-refractivity contribution in [2.75, 3.05) is 12.3 Å². The number of carbonyl (C=O) groups is 1. The van der Waals surface area contributed by atoms with E-state index in [1.165, 1.54) is 11.1 Å². The van der Waals surface area contributed by atoms with E-state index in [4.69, 9.17) is 0 Å². The number of carbonyl (C=O) groups excluding carboxylic acids is 1. The van der Waals surface area contributed by atoms with Crippen LogP contribution < -0.4 is 0 Å². The lowest BCUT2D eigenvalue weighted by atomic mass is 9.94. The van der Waals surface area contributed by atoms with Crippen LogP contribution in [0.1, 0.15) is 64.7 Å². The molecule has 8 nitrogen and oxygen atoms in total. The molecular weight excluding hydrogens is 330 g/mol. The number of nitrogens with zero attached hydrogens (tertiary/aromatic N) is 5. The van der Waals surface area contributed by atoms with Crippen molar-refractivity contribution >= 4 is 15.7 Å². The van der Waals surface area contributed by atoms with Crippen LogP contribution in [0.4, 0.5) is 0 Å². The van der Waals surface area contributed by atoms with Gasteiger partial charge in [-0.15, -0.1) is 5.10 Å². The van der Waals surface area contributed by atoms with Gasteiger partial charge in [0.05, 0.1) is 6.04 Å². The highest BCUT2D eigenvalue weighted by Gasteiger charge is 2.29. The molecule has 0 saturated heterocycles. The van der Waals surface area contributed by atoms with E-state index in [0.717, 1.165) is 25.7 Å². The average molecular weight is 357 g/mol. The Morgan fingerprint density at radius 3 is 2.54 bits per heavy atom. The van der Waals surface area contributed by atoms with Crippen LogP contribution in [0.3, 0.4) is 0 Å². The first-order chi connectivity index (χ1) is 11.3. The van der Waals surface area contributed by atoms with E-state index in [0.29, 0.717) is 6.54 Å². The summed E-state index contributed by atoms with van der Waals surface area (Å²) in [5.41, 5.74) is 0. The molecule has 1 aliphatic carbocycles. The van der Waals surface area contributed by atoms with Gasteiger partial charge in [-0.25, -0.2) is 13.1 Å². The Morgan fingerprint density at radius 2 is 1.96 bits per heavy atom. The molecule has 1 saturated carbocycles. The maximum Gasteiger partial charge on any atom is 0.238 e. The van der Waals surface area contributed by atoms with Crippen LogP contribution in [-0.2, 0) is 20.4 Å². The van der Waals surface area contributed by atoms with Crippen molar-refractivity contribution in [3.63, 3.8) is 0 Å². The number of tetrazole rings is 1. The molecule has 1 aromatic rings. The van der Waals surface area contributed by atoms with Crippen molar-refractivity contribution in [2.45, 2.75) is 70.7 Å². The van der Waals surface area contributed by atoms with Crippen molar-refractivity contribution in [3.8, 4) is 0 Å². The minimum absolute atomic E-state index is 0.0321. The molecule has 0 unspecified atom stereocenters. The minimum Gasteiger partial charge on any atom is -0.339 e. The third kappa shape index (κ3) is 4.75. The summed E-state index contributed by atoms with van der Waals surface area (Å²) in [6.07, 6.45) is 5.32. The van der Waals surface area contributed by atoms with Crippen molar-refractivity contribution in [3.05, 3.63) is 5.82 Å². The van der Waals surface area contributed by atoms with Crippen LogP contribution in [-0.4, -0.2) is 57.8 Å². The molecule has 1 heterocycles. The topological polar surface area (TPSA) is 98.1 Å². The molecule has 2 rings (SSSR count). The van der Waals surface area contributed by atoms with Crippen molar-refractivity contribution in [1.29, 1.82) is 0 Å². The van der Waals surface area contributed by atoms with Crippen molar-refractivity contribution in [1.82, 2.24) is 25.1 Å². The zero-order valence-corrected chi connectivity index (χ0v) is 15.5. The smallest absolute Gasteiger partial charge is 0.238 e. The number of hydrogen-bond acceptors (Lipinski definition) is 6. The number of aromatic nitrogens is 4. The van der Waals surface area contributed by atoms with Gasteiger partial charge in [-0.05, 0) is 44.0 Å². The van der Waals surface area contributed by atoms with Crippen LogP contribution in [0.2, 0.25) is 0 Å². The van der Waals surface area contributed by atoms with Gasteiger partial charge in [0.15, 0.2) is 15.7 Å². The standard InChI is InChI=1S/C15H27N5O3S/c1-4-19(13-8-6-5-7-9-13)15(21)11-24(22,23)10-14-16-17-18-20(14)12(2)3/h12-13H,4-11H2,1-3H3. The third-order valence-electron chi connectivity index (χ3n) is 4.42. The lowest BCUT2D eigenvalue weighted by Gasteiger charge is -2.33. The Hall–Kier alpha value is -1.51. The molecule has 136 valence electrons. The van der Waals surface area contributed by atoms with E-state index in [2.05, 4.69) is 15.5 Å². The highest BCUT2D eigenvalue weighted by Crippen LogP contribution is 2.23. The Balaban J connectivity index is 2.04. The summed E-state index contributed by atoms with van der Waals surface area (Å²) >= 11 is 0. The fourth-order valence-electron chi connectivity index (χ4n) is 3.26. The summed E-state index contributed by atoms with van der Waals surface area (Å²) in [6.45, 7) is 6.19. The monoisotopic (exact) mass is 357 g/mol. The van der Waals surface area contributed by atoms with Crippen LogP contribution in [0.15, 0.2) is 0 Å². The van der Waals surface area contributed by atoms with Crippen molar-refractivity contribution < 1.29 is 13.2 Å². The van der Waals surface area contributed by atoms with Gasteiger partial charge in [-0.3, -0.25) is 4.79 Å². The average Bonchev–Trinajstić information content (AvgIpc) is 2.96. The zero-order chi connectivity index (χ0) is 17.7. The summed E-state index contributed by atoms with van der Waals surface area (Å²) in [6, 6.07) is 0.141. The van der Waals surface area contributed by atoms with E-state index >= 15 is 0 Å². The quantitative estimate of drug-likeness (QED) is 0.730. The van der Waals surface area contributed by atoms with Gasteiger partial charge in [-0.1, -0.05) is 19.3 Å². The van der Waals surface area contributed by atoms with Gasteiger partial charge in [0.1, 0.15) is 11.5 Å². The van der Waals surface area contributed by atoms with Gasteiger partial charge in [0.2, 0.25) is 5.91 Å². The van der Waals surface area contributed by atoms with Gasteiger partial charge in [0, 0.05) is 12.6 Å². The Labute approximate surface area is 143 Å². The fraction of sp³-hybridized carbons (Fsp3) is 0.867. The maximum atomic E-state index is 12.5. The molecule has 1 fully saturated rings. The Bertz CT molecular complexity index is 650. The Kier molecular flexibility index (Phi) is 6.31. The highest BCUT2D eigenvalue weighted by atomic mass is 32.2. The predicted molar refractivity (Wildman–Crippen MR) is 90.0 cm³/mol. The minimum atomic E-state index is -3.61. The fourth-order valence-corrected chi connectivity index (χ4v) is 4.49. The Morgan fingerprint density at radius 1 is 1.29 bits per heavy atom. The summed E-state index contributed by atoms with van der Waals surface area (Å²) in [4.78, 5) is 14.2. The second kappa shape index (κ2) is 8.04. The second-order valence-electron chi connectivity index (χ2n) is 6.64. The zero-order valence-electron chi connectivity index (χ0n) is 14.7. The van der Waals surface area contributed by atoms with E-state index < -0.39 is 15.6 Å². The summed E-state index contributed by atoms with van der Waals surface area (Å²) in [5, 5.41) is 11.1. The molecule has 0 bridgehead atoms. The van der Waals surface area contributed by atoms with E-state index in [-0.39, 0.29) is 29.6 Å². The second-order valence-corrected chi connectivity index (χ2v) is 8.70. The van der Waals surface area contributed by atoms with Crippen LogP contribution in [0.25, 0.3) is 0 Å². The molecule has 9 heteroatoms. The third-order valence-corrected chi connectivity index (χ3v) is 5.80. The van der Waals surface area contributed by atoms with E-state index in [1.807, 2.05) is 20.8 Å². The molecule has 0 aliphatic heterocycles. The molecule has 0 spiro atoms. The first-order valence-electron chi connectivity index (χ1n) is 8.60.